The van der Waals surface area contributed by atoms with Gasteiger partial charge in [0, 0.05) is 31.6 Å². The Kier molecular flexibility index (Phi) is 4.86. The molecule has 1 amide bonds. The van der Waals surface area contributed by atoms with Crippen LogP contribution >= 0.6 is 0 Å². The average Bonchev–Trinajstić information content (AvgIpc) is 3.10. The van der Waals surface area contributed by atoms with E-state index in [1.807, 2.05) is 0 Å². The third kappa shape index (κ3) is 3.50. The van der Waals surface area contributed by atoms with Gasteiger partial charge in [0.05, 0.1) is 0 Å². The maximum absolute atomic E-state index is 12.9. The molecule has 4 heteroatoms. The predicted octanol–water partition coefficient (Wildman–Crippen LogP) is 2.36. The summed E-state index contributed by atoms with van der Waals surface area (Å²) in [5.41, 5.74) is 8.05. The van der Waals surface area contributed by atoms with Crippen LogP contribution in [0.15, 0.2) is 30.3 Å². The highest BCUT2D eigenvalue weighted by molar-refractivity contribution is 5.79. The van der Waals surface area contributed by atoms with Crippen molar-refractivity contribution in [2.75, 3.05) is 19.6 Å². The minimum absolute atomic E-state index is 0.240. The highest BCUT2D eigenvalue weighted by Gasteiger charge is 2.38. The predicted molar refractivity (Wildman–Crippen MR) is 95.2 cm³/mol. The molecule has 0 aromatic heterocycles. The SMILES string of the molecule is O=C(C1CCC2CNNC2C1)N1CCC(Cc2ccccc2)CC1. The van der Waals surface area contributed by atoms with Crippen molar-refractivity contribution in [1.82, 2.24) is 15.8 Å². The van der Waals surface area contributed by atoms with Gasteiger partial charge >= 0.3 is 0 Å². The third-order valence-corrected chi connectivity index (χ3v) is 6.29. The number of hydrazine groups is 1. The fraction of sp³-hybridized carbons (Fsp3) is 0.650. The van der Waals surface area contributed by atoms with E-state index >= 15 is 0 Å². The van der Waals surface area contributed by atoms with Gasteiger partial charge in [-0.1, -0.05) is 30.3 Å². The van der Waals surface area contributed by atoms with Gasteiger partial charge in [-0.2, -0.15) is 0 Å². The van der Waals surface area contributed by atoms with E-state index in [1.54, 1.807) is 0 Å². The highest BCUT2D eigenvalue weighted by atomic mass is 16.2. The quantitative estimate of drug-likeness (QED) is 0.896. The van der Waals surface area contributed by atoms with Gasteiger partial charge in [-0.15, -0.1) is 0 Å². The number of carbonyl (C=O) groups is 1. The average molecular weight is 327 g/mol. The fourth-order valence-corrected chi connectivity index (χ4v) is 4.76. The fourth-order valence-electron chi connectivity index (χ4n) is 4.76. The van der Waals surface area contributed by atoms with E-state index < -0.39 is 0 Å². The number of rotatable bonds is 3. The Morgan fingerprint density at radius 2 is 1.88 bits per heavy atom. The zero-order valence-corrected chi connectivity index (χ0v) is 14.4. The van der Waals surface area contributed by atoms with E-state index in [0.29, 0.717) is 11.9 Å². The van der Waals surface area contributed by atoms with Gasteiger partial charge in [0.2, 0.25) is 5.91 Å². The first kappa shape index (κ1) is 16.1. The number of nitrogens with zero attached hydrogens (tertiary/aromatic N) is 1. The molecule has 0 bridgehead atoms. The van der Waals surface area contributed by atoms with Gasteiger partial charge in [-0.05, 0) is 55.9 Å². The molecule has 1 aromatic rings. The van der Waals surface area contributed by atoms with Gasteiger partial charge in [0.1, 0.15) is 0 Å². The summed E-state index contributed by atoms with van der Waals surface area (Å²) in [7, 11) is 0. The lowest BCUT2D eigenvalue weighted by molar-refractivity contribution is -0.138. The zero-order valence-electron chi connectivity index (χ0n) is 14.4. The first-order valence-corrected chi connectivity index (χ1v) is 9.60. The van der Waals surface area contributed by atoms with E-state index in [4.69, 9.17) is 0 Å². The van der Waals surface area contributed by atoms with Gasteiger partial charge in [0.25, 0.3) is 0 Å². The monoisotopic (exact) mass is 327 g/mol. The van der Waals surface area contributed by atoms with Crippen LogP contribution < -0.4 is 10.9 Å². The van der Waals surface area contributed by atoms with Crippen LogP contribution in [-0.2, 0) is 11.2 Å². The second-order valence-electron chi connectivity index (χ2n) is 7.86. The molecular weight excluding hydrogens is 298 g/mol. The van der Waals surface area contributed by atoms with Gasteiger partial charge in [0.15, 0.2) is 0 Å². The molecule has 3 fully saturated rings. The molecule has 130 valence electrons. The first-order valence-electron chi connectivity index (χ1n) is 9.60. The number of hydrogen-bond donors (Lipinski definition) is 2. The number of hydrogen-bond acceptors (Lipinski definition) is 3. The minimum atomic E-state index is 0.240. The van der Waals surface area contributed by atoms with Crippen molar-refractivity contribution < 1.29 is 4.79 Å². The van der Waals surface area contributed by atoms with Crippen LogP contribution in [-0.4, -0.2) is 36.5 Å². The van der Waals surface area contributed by atoms with Crippen LogP contribution in [0.5, 0.6) is 0 Å². The molecule has 4 nitrogen and oxygen atoms in total. The van der Waals surface area contributed by atoms with Crippen LogP contribution in [0.4, 0.5) is 0 Å². The lowest BCUT2D eigenvalue weighted by Gasteiger charge is -2.37. The van der Waals surface area contributed by atoms with Crippen molar-refractivity contribution in [2.24, 2.45) is 17.8 Å². The van der Waals surface area contributed by atoms with Crippen molar-refractivity contribution in [3.8, 4) is 0 Å². The molecule has 1 aliphatic carbocycles. The zero-order chi connectivity index (χ0) is 16.4. The third-order valence-electron chi connectivity index (χ3n) is 6.29. The van der Waals surface area contributed by atoms with Crippen molar-refractivity contribution in [2.45, 2.75) is 44.6 Å². The summed E-state index contributed by atoms with van der Waals surface area (Å²) in [5.74, 6) is 2.11. The normalized spacial score (nSPS) is 31.0. The second-order valence-corrected chi connectivity index (χ2v) is 7.86. The molecule has 2 N–H and O–H groups in total. The van der Waals surface area contributed by atoms with E-state index in [9.17, 15) is 4.79 Å². The van der Waals surface area contributed by atoms with Crippen molar-refractivity contribution in [3.63, 3.8) is 0 Å². The van der Waals surface area contributed by atoms with Gasteiger partial charge < -0.3 is 4.90 Å². The number of fused-ring (bicyclic) bond motifs is 1. The second kappa shape index (κ2) is 7.24. The number of carbonyl (C=O) groups excluding carboxylic acids is 1. The van der Waals surface area contributed by atoms with Crippen molar-refractivity contribution in [1.29, 1.82) is 0 Å². The van der Waals surface area contributed by atoms with Crippen molar-refractivity contribution >= 4 is 5.91 Å². The van der Waals surface area contributed by atoms with E-state index in [1.165, 1.54) is 12.0 Å². The molecule has 4 rings (SSSR count). The summed E-state index contributed by atoms with van der Waals surface area (Å²) in [4.78, 5) is 15.0. The minimum Gasteiger partial charge on any atom is -0.342 e. The van der Waals surface area contributed by atoms with E-state index in [0.717, 1.165) is 63.6 Å². The van der Waals surface area contributed by atoms with E-state index in [-0.39, 0.29) is 5.92 Å². The Hall–Kier alpha value is -1.39. The largest absolute Gasteiger partial charge is 0.342 e. The van der Waals surface area contributed by atoms with E-state index in [2.05, 4.69) is 46.1 Å². The molecule has 2 heterocycles. The Morgan fingerprint density at radius 3 is 2.67 bits per heavy atom. The first-order chi connectivity index (χ1) is 11.8. The van der Waals surface area contributed by atoms with Crippen LogP contribution in [0.2, 0.25) is 0 Å². The van der Waals surface area contributed by atoms with Crippen LogP contribution in [0, 0.1) is 17.8 Å². The maximum Gasteiger partial charge on any atom is 0.225 e. The number of nitrogens with one attached hydrogen (secondary N) is 2. The number of likely N-dealkylation sites (tertiary alicyclic amines) is 1. The molecule has 3 unspecified atom stereocenters. The van der Waals surface area contributed by atoms with Crippen molar-refractivity contribution in [3.05, 3.63) is 35.9 Å². The Morgan fingerprint density at radius 1 is 1.08 bits per heavy atom. The standard InChI is InChI=1S/C20H29N3O/c24-20(17-6-7-18-14-21-22-19(18)13-17)23-10-8-16(9-11-23)12-15-4-2-1-3-5-15/h1-5,16-19,21-22H,6-14H2. The molecule has 1 saturated carbocycles. The Labute approximate surface area is 145 Å². The molecule has 24 heavy (non-hydrogen) atoms. The summed E-state index contributed by atoms with van der Waals surface area (Å²) >= 11 is 0. The lowest BCUT2D eigenvalue weighted by Crippen LogP contribution is -2.46. The lowest BCUT2D eigenvalue weighted by atomic mass is 9.78. The smallest absolute Gasteiger partial charge is 0.225 e. The molecule has 0 radical (unpaired) electrons. The van der Waals surface area contributed by atoms with Crippen LogP contribution in [0.3, 0.4) is 0 Å². The Balaban J connectivity index is 1.27. The highest BCUT2D eigenvalue weighted by Crippen LogP contribution is 2.33. The number of piperidine rings is 1. The maximum atomic E-state index is 12.9. The topological polar surface area (TPSA) is 44.4 Å². The van der Waals surface area contributed by atoms with Crippen LogP contribution in [0.25, 0.3) is 0 Å². The summed E-state index contributed by atoms with van der Waals surface area (Å²) in [6.45, 7) is 2.97. The molecule has 3 atom stereocenters. The molecule has 2 aliphatic heterocycles. The molecule has 2 saturated heterocycles. The summed E-state index contributed by atoms with van der Waals surface area (Å²) in [5, 5.41) is 0. The van der Waals surface area contributed by atoms with Gasteiger partial charge in [-0.25, -0.2) is 0 Å². The molecular formula is C20H29N3O. The number of benzene rings is 1. The number of amides is 1. The Bertz CT molecular complexity index is 553. The summed E-state index contributed by atoms with van der Waals surface area (Å²) < 4.78 is 0. The molecule has 1 aromatic carbocycles. The van der Waals surface area contributed by atoms with Crippen LogP contribution in [0.1, 0.15) is 37.7 Å². The summed E-state index contributed by atoms with van der Waals surface area (Å²) in [6.07, 6.45) is 6.74. The molecule has 0 spiro atoms. The van der Waals surface area contributed by atoms with Gasteiger partial charge in [-0.3, -0.25) is 15.6 Å². The molecule has 3 aliphatic rings. The summed E-state index contributed by atoms with van der Waals surface area (Å²) in [6, 6.07) is 11.3.